The zero-order valence-electron chi connectivity index (χ0n) is 25.4. The Morgan fingerprint density at radius 3 is 1.38 bits per heavy atom. The van der Waals surface area contributed by atoms with Gasteiger partial charge in [-0.25, -0.2) is 0 Å². The van der Waals surface area contributed by atoms with Gasteiger partial charge in [-0.15, -0.1) is 0 Å². The molecule has 0 saturated carbocycles. The average molecular weight is 526 g/mol. The molecule has 0 spiro atoms. The van der Waals surface area contributed by atoms with Crippen molar-refractivity contribution < 1.29 is 15.0 Å². The maximum absolute atomic E-state index is 12.3. The highest BCUT2D eigenvalue weighted by molar-refractivity contribution is 5.76. The van der Waals surface area contributed by atoms with Crippen LogP contribution in [-0.4, -0.2) is 34.9 Å². The zero-order chi connectivity index (χ0) is 27.4. The van der Waals surface area contributed by atoms with Crippen LogP contribution in [0.25, 0.3) is 0 Å². The van der Waals surface area contributed by atoms with E-state index in [0.717, 1.165) is 31.6 Å². The van der Waals surface area contributed by atoms with Crippen LogP contribution >= 0.6 is 0 Å². The molecule has 4 nitrogen and oxygen atoms in total. The second kappa shape index (κ2) is 28.4. The lowest BCUT2D eigenvalue weighted by atomic mass is 10.0. The predicted octanol–water partition coefficient (Wildman–Crippen LogP) is 9.25. The van der Waals surface area contributed by atoms with Gasteiger partial charge >= 0.3 is 0 Å². The molecule has 0 fully saturated rings. The Morgan fingerprint density at radius 2 is 0.973 bits per heavy atom. The van der Waals surface area contributed by atoms with E-state index >= 15 is 0 Å². The Bertz CT molecular complexity index is 468. The topological polar surface area (TPSA) is 69.6 Å². The second-order valence-corrected chi connectivity index (χ2v) is 12.1. The number of rotatable bonds is 29. The fraction of sp³-hybridized carbons (Fsp3) is 0.970. The van der Waals surface area contributed by atoms with Crippen molar-refractivity contribution in [1.82, 2.24) is 5.32 Å². The molecule has 0 aliphatic rings. The van der Waals surface area contributed by atoms with Crippen LogP contribution in [0.3, 0.4) is 0 Å². The molecule has 0 bridgehead atoms. The third-order valence-corrected chi connectivity index (χ3v) is 7.80. The minimum atomic E-state index is -0.651. The van der Waals surface area contributed by atoms with Gasteiger partial charge in [0.1, 0.15) is 0 Å². The van der Waals surface area contributed by atoms with E-state index in [2.05, 4.69) is 26.1 Å². The van der Waals surface area contributed by atoms with E-state index in [0.29, 0.717) is 12.8 Å². The largest absolute Gasteiger partial charge is 0.394 e. The summed E-state index contributed by atoms with van der Waals surface area (Å²) in [6, 6.07) is -0.527. The summed E-state index contributed by atoms with van der Waals surface area (Å²) in [4.78, 5) is 12.3. The van der Waals surface area contributed by atoms with Gasteiger partial charge in [-0.1, -0.05) is 162 Å². The molecule has 2 atom stereocenters. The van der Waals surface area contributed by atoms with Crippen LogP contribution in [0.1, 0.15) is 181 Å². The molecule has 222 valence electrons. The lowest BCUT2D eigenvalue weighted by Crippen LogP contribution is -2.45. The first-order valence-electron chi connectivity index (χ1n) is 16.6. The summed E-state index contributed by atoms with van der Waals surface area (Å²) in [6.45, 7) is 6.68. The molecular weight excluding hydrogens is 458 g/mol. The van der Waals surface area contributed by atoms with Gasteiger partial charge < -0.3 is 15.5 Å². The summed E-state index contributed by atoms with van der Waals surface area (Å²) in [5.74, 6) is 0.799. The third kappa shape index (κ3) is 26.8. The molecule has 4 heteroatoms. The Balaban J connectivity index is 3.57. The van der Waals surface area contributed by atoms with Crippen LogP contribution < -0.4 is 5.32 Å². The Kier molecular flexibility index (Phi) is 27.9. The van der Waals surface area contributed by atoms with Crippen LogP contribution in [0.5, 0.6) is 0 Å². The molecule has 1 amide bonds. The smallest absolute Gasteiger partial charge is 0.220 e. The molecule has 0 heterocycles. The van der Waals surface area contributed by atoms with Crippen LogP contribution in [0, 0.1) is 5.92 Å². The minimum absolute atomic E-state index is 0.0328. The van der Waals surface area contributed by atoms with E-state index in [-0.39, 0.29) is 12.5 Å². The molecule has 0 rings (SSSR count). The first kappa shape index (κ1) is 36.4. The van der Waals surface area contributed by atoms with Crippen LogP contribution in [0.2, 0.25) is 0 Å². The third-order valence-electron chi connectivity index (χ3n) is 7.80. The van der Waals surface area contributed by atoms with Gasteiger partial charge in [-0.3, -0.25) is 4.79 Å². The number of carbonyl (C=O) groups excluding carboxylic acids is 1. The Morgan fingerprint density at radius 1 is 0.595 bits per heavy atom. The van der Waals surface area contributed by atoms with Crippen molar-refractivity contribution in [1.29, 1.82) is 0 Å². The van der Waals surface area contributed by atoms with Crippen molar-refractivity contribution in [2.45, 2.75) is 193 Å². The highest BCUT2D eigenvalue weighted by Gasteiger charge is 2.19. The average Bonchev–Trinajstić information content (AvgIpc) is 2.88. The number of carbonyl (C=O) groups is 1. The Labute approximate surface area is 232 Å². The molecule has 0 aromatic rings. The van der Waals surface area contributed by atoms with Crippen LogP contribution in [-0.2, 0) is 4.79 Å². The number of nitrogens with one attached hydrogen (secondary N) is 1. The first-order valence-corrected chi connectivity index (χ1v) is 16.6. The van der Waals surface area contributed by atoms with Gasteiger partial charge in [0.2, 0.25) is 5.91 Å². The van der Waals surface area contributed by atoms with Crippen molar-refractivity contribution in [3.8, 4) is 0 Å². The molecule has 0 aromatic heterocycles. The van der Waals surface area contributed by atoms with E-state index in [9.17, 15) is 15.0 Å². The van der Waals surface area contributed by atoms with E-state index < -0.39 is 12.1 Å². The lowest BCUT2D eigenvalue weighted by Gasteiger charge is -2.22. The molecule has 0 aromatic carbocycles. The quantitative estimate of drug-likeness (QED) is 0.0852. The summed E-state index contributed by atoms with van der Waals surface area (Å²) in [5, 5.41) is 22.9. The molecule has 0 saturated heterocycles. The van der Waals surface area contributed by atoms with Crippen molar-refractivity contribution >= 4 is 5.91 Å². The number of hydrogen-bond donors (Lipinski definition) is 3. The number of unbranched alkanes of at least 4 members (excludes halogenated alkanes) is 20. The predicted molar refractivity (Wildman–Crippen MR) is 161 cm³/mol. The van der Waals surface area contributed by atoms with Crippen molar-refractivity contribution in [3.05, 3.63) is 0 Å². The molecule has 0 radical (unpaired) electrons. The minimum Gasteiger partial charge on any atom is -0.394 e. The zero-order valence-corrected chi connectivity index (χ0v) is 25.4. The van der Waals surface area contributed by atoms with Gasteiger partial charge in [0.05, 0.1) is 18.8 Å². The number of hydrogen-bond acceptors (Lipinski definition) is 3. The standard InChI is InChI=1S/C33H67NO3/c1-4-5-6-7-8-9-10-11-12-16-19-22-25-28-33(37)34-31(29-35)32(36)27-24-21-18-15-13-14-17-20-23-26-30(2)3/h30-32,35-36H,4-29H2,1-3H3,(H,34,37)/t31-,32+/m0/s1. The lowest BCUT2D eigenvalue weighted by molar-refractivity contribution is -0.123. The SMILES string of the molecule is CCCCCCCCCCCCCCCC(=O)N[C@@H](CO)[C@H](O)CCCCCCCCCCCC(C)C. The van der Waals surface area contributed by atoms with E-state index in [1.54, 1.807) is 0 Å². The second-order valence-electron chi connectivity index (χ2n) is 12.1. The van der Waals surface area contributed by atoms with Crippen LogP contribution in [0.15, 0.2) is 0 Å². The van der Waals surface area contributed by atoms with E-state index in [1.807, 2.05) is 0 Å². The molecule has 0 aliphatic heterocycles. The van der Waals surface area contributed by atoms with Gasteiger partial charge in [0.15, 0.2) is 0 Å². The fourth-order valence-electron chi connectivity index (χ4n) is 5.19. The maximum Gasteiger partial charge on any atom is 0.220 e. The van der Waals surface area contributed by atoms with Gasteiger partial charge in [0, 0.05) is 6.42 Å². The number of aliphatic hydroxyl groups excluding tert-OH is 2. The molecule has 0 unspecified atom stereocenters. The van der Waals surface area contributed by atoms with Gasteiger partial charge in [0.25, 0.3) is 0 Å². The normalized spacial score (nSPS) is 13.2. The van der Waals surface area contributed by atoms with Crippen molar-refractivity contribution in [3.63, 3.8) is 0 Å². The molecule has 37 heavy (non-hydrogen) atoms. The van der Waals surface area contributed by atoms with Gasteiger partial charge in [-0.05, 0) is 18.8 Å². The monoisotopic (exact) mass is 526 g/mol. The number of amides is 1. The highest BCUT2D eigenvalue weighted by atomic mass is 16.3. The summed E-state index contributed by atoms with van der Waals surface area (Å²) in [5.41, 5.74) is 0. The summed E-state index contributed by atoms with van der Waals surface area (Å²) in [7, 11) is 0. The molecule has 3 N–H and O–H groups in total. The summed E-state index contributed by atoms with van der Waals surface area (Å²) >= 11 is 0. The first-order chi connectivity index (χ1) is 18.0. The van der Waals surface area contributed by atoms with Gasteiger partial charge in [-0.2, -0.15) is 0 Å². The van der Waals surface area contributed by atoms with E-state index in [1.165, 1.54) is 122 Å². The summed E-state index contributed by atoms with van der Waals surface area (Å²) < 4.78 is 0. The van der Waals surface area contributed by atoms with Crippen molar-refractivity contribution in [2.75, 3.05) is 6.61 Å². The highest BCUT2D eigenvalue weighted by Crippen LogP contribution is 2.15. The van der Waals surface area contributed by atoms with Crippen molar-refractivity contribution in [2.24, 2.45) is 5.92 Å². The Hall–Kier alpha value is -0.610. The maximum atomic E-state index is 12.3. The van der Waals surface area contributed by atoms with Crippen LogP contribution in [0.4, 0.5) is 0 Å². The fourth-order valence-corrected chi connectivity index (χ4v) is 5.19. The molecular formula is C33H67NO3. The summed E-state index contributed by atoms with van der Waals surface area (Å²) in [6.07, 6.45) is 30.0. The number of aliphatic hydroxyl groups is 2. The molecule has 0 aliphatic carbocycles. The van der Waals surface area contributed by atoms with E-state index in [4.69, 9.17) is 0 Å².